The summed E-state index contributed by atoms with van der Waals surface area (Å²) in [5.41, 5.74) is 0. The summed E-state index contributed by atoms with van der Waals surface area (Å²) in [7, 11) is -1.32. The van der Waals surface area contributed by atoms with E-state index in [-0.39, 0.29) is 0 Å². The smallest absolute Gasteiger partial charge is 0.211 e. The van der Waals surface area contributed by atoms with Crippen LogP contribution in [0.1, 0.15) is 70.6 Å². The molecule has 0 aromatic carbocycles. The van der Waals surface area contributed by atoms with Crippen molar-refractivity contribution in [3.05, 3.63) is 0 Å². The van der Waals surface area contributed by atoms with Gasteiger partial charge in [-0.05, 0) is 12.5 Å². The SMILES string of the molecule is C[Si](C)(Cl)CCCCCCCCCCCCCN=C=O. The third kappa shape index (κ3) is 17.9. The average Bonchev–Trinajstić information content (AvgIpc) is 2.38. The van der Waals surface area contributed by atoms with E-state index >= 15 is 0 Å². The molecule has 0 bridgehead atoms. The van der Waals surface area contributed by atoms with E-state index in [2.05, 4.69) is 18.1 Å². The summed E-state index contributed by atoms with van der Waals surface area (Å²) in [5, 5.41) is 0. The Morgan fingerprint density at radius 3 is 1.60 bits per heavy atom. The minimum atomic E-state index is -1.32. The lowest BCUT2D eigenvalue weighted by atomic mass is 10.1. The highest BCUT2D eigenvalue weighted by molar-refractivity contribution is 7.19. The van der Waals surface area contributed by atoms with Crippen LogP contribution in [0.25, 0.3) is 0 Å². The number of halogens is 1. The molecule has 0 unspecified atom stereocenters. The molecule has 0 aromatic heterocycles. The van der Waals surface area contributed by atoms with Gasteiger partial charge in [0.15, 0.2) is 0 Å². The van der Waals surface area contributed by atoms with Gasteiger partial charge in [-0.25, -0.2) is 9.79 Å². The van der Waals surface area contributed by atoms with Crippen molar-refractivity contribution in [2.75, 3.05) is 6.54 Å². The molecule has 0 atom stereocenters. The van der Waals surface area contributed by atoms with Crippen molar-refractivity contribution in [2.24, 2.45) is 4.99 Å². The van der Waals surface area contributed by atoms with Crippen molar-refractivity contribution in [1.82, 2.24) is 0 Å². The van der Waals surface area contributed by atoms with Gasteiger partial charge in [-0.1, -0.05) is 77.3 Å². The number of hydrogen-bond donors (Lipinski definition) is 0. The molecule has 0 N–H and O–H groups in total. The van der Waals surface area contributed by atoms with Crippen molar-refractivity contribution < 1.29 is 4.79 Å². The Hall–Kier alpha value is -0.113. The minimum Gasteiger partial charge on any atom is -0.211 e. The van der Waals surface area contributed by atoms with Gasteiger partial charge in [-0.3, -0.25) is 0 Å². The fourth-order valence-corrected chi connectivity index (χ4v) is 3.86. The molecule has 0 aliphatic carbocycles. The second-order valence-corrected chi connectivity index (χ2v) is 13.3. The number of isocyanates is 1. The van der Waals surface area contributed by atoms with Gasteiger partial charge in [0.1, 0.15) is 7.38 Å². The third-order valence-corrected chi connectivity index (χ3v) is 5.72. The Balaban J connectivity index is 3.04. The molecule has 0 aliphatic heterocycles. The van der Waals surface area contributed by atoms with Gasteiger partial charge in [0.05, 0.1) is 6.54 Å². The molecule has 20 heavy (non-hydrogen) atoms. The predicted octanol–water partition coefficient (Wildman–Crippen LogP) is 6.06. The van der Waals surface area contributed by atoms with E-state index in [1.54, 1.807) is 6.08 Å². The summed E-state index contributed by atoms with van der Waals surface area (Å²) in [5.74, 6) is 0. The van der Waals surface area contributed by atoms with Crippen molar-refractivity contribution >= 4 is 24.5 Å². The Labute approximate surface area is 131 Å². The molecule has 0 saturated heterocycles. The van der Waals surface area contributed by atoms with Crippen LogP contribution >= 0.6 is 11.1 Å². The molecule has 4 heteroatoms. The highest BCUT2D eigenvalue weighted by atomic mass is 35.6. The predicted molar refractivity (Wildman–Crippen MR) is 91.9 cm³/mol. The van der Waals surface area contributed by atoms with E-state index in [0.717, 1.165) is 6.42 Å². The second kappa shape index (κ2) is 13.9. The molecule has 0 radical (unpaired) electrons. The maximum atomic E-state index is 9.86. The Morgan fingerprint density at radius 2 is 1.20 bits per heavy atom. The fraction of sp³-hybridized carbons (Fsp3) is 0.938. The summed E-state index contributed by atoms with van der Waals surface area (Å²) < 4.78 is 0. The first-order chi connectivity index (χ1) is 9.56. The van der Waals surface area contributed by atoms with Crippen LogP contribution in [-0.4, -0.2) is 20.0 Å². The van der Waals surface area contributed by atoms with Gasteiger partial charge in [0.25, 0.3) is 0 Å². The Bertz CT molecular complexity index is 260. The quantitative estimate of drug-likeness (QED) is 0.126. The second-order valence-electron chi connectivity index (χ2n) is 6.33. The molecule has 118 valence electrons. The monoisotopic (exact) mass is 317 g/mol. The first-order valence-corrected chi connectivity index (χ1v) is 12.5. The number of carbonyl (C=O) groups excluding carboxylic acids is 1. The van der Waals surface area contributed by atoms with Gasteiger partial charge >= 0.3 is 0 Å². The van der Waals surface area contributed by atoms with Crippen molar-refractivity contribution in [1.29, 1.82) is 0 Å². The largest absolute Gasteiger partial charge is 0.234 e. The van der Waals surface area contributed by atoms with Crippen LogP contribution in [0.15, 0.2) is 4.99 Å². The minimum absolute atomic E-state index is 0.658. The van der Waals surface area contributed by atoms with Crippen LogP contribution in [0, 0.1) is 0 Å². The Morgan fingerprint density at radius 1 is 0.800 bits per heavy atom. The topological polar surface area (TPSA) is 29.4 Å². The van der Waals surface area contributed by atoms with E-state index in [9.17, 15) is 4.79 Å². The first kappa shape index (κ1) is 19.9. The fourth-order valence-electron chi connectivity index (χ4n) is 2.37. The van der Waals surface area contributed by atoms with Crippen LogP contribution in [-0.2, 0) is 4.79 Å². The maximum Gasteiger partial charge on any atom is 0.234 e. The molecule has 0 amide bonds. The first-order valence-electron chi connectivity index (χ1n) is 8.29. The van der Waals surface area contributed by atoms with E-state index in [0.29, 0.717) is 6.54 Å². The summed E-state index contributed by atoms with van der Waals surface area (Å²) in [6.45, 7) is 5.13. The van der Waals surface area contributed by atoms with Gasteiger partial charge in [-0.15, -0.1) is 0 Å². The molecular weight excluding hydrogens is 286 g/mol. The van der Waals surface area contributed by atoms with Crippen LogP contribution in [0.4, 0.5) is 0 Å². The van der Waals surface area contributed by atoms with Crippen LogP contribution in [0.5, 0.6) is 0 Å². The molecule has 2 nitrogen and oxygen atoms in total. The summed E-state index contributed by atoms with van der Waals surface area (Å²) in [4.78, 5) is 13.4. The molecule has 0 aliphatic rings. The molecular formula is C16H32ClNOSi. The highest BCUT2D eigenvalue weighted by Gasteiger charge is 2.15. The molecule has 0 heterocycles. The normalized spacial score (nSPS) is 11.3. The van der Waals surface area contributed by atoms with Crippen LogP contribution in [0.3, 0.4) is 0 Å². The lowest BCUT2D eigenvalue weighted by Gasteiger charge is -2.11. The standard InChI is InChI=1S/C16H32ClNOSi/c1-20(2,17)15-13-11-9-7-5-3-4-6-8-10-12-14-18-16-19/h3-15H2,1-2H3. The molecule has 0 fully saturated rings. The number of hydrogen-bond acceptors (Lipinski definition) is 2. The zero-order valence-electron chi connectivity index (χ0n) is 13.4. The summed E-state index contributed by atoms with van der Waals surface area (Å²) in [6.07, 6.45) is 16.0. The van der Waals surface area contributed by atoms with E-state index < -0.39 is 7.38 Å². The molecule has 0 saturated carbocycles. The zero-order chi connectivity index (χ0) is 15.1. The average molecular weight is 318 g/mol. The Kier molecular flexibility index (Phi) is 13.8. The van der Waals surface area contributed by atoms with Crippen molar-refractivity contribution in [3.63, 3.8) is 0 Å². The summed E-state index contributed by atoms with van der Waals surface area (Å²) in [6, 6.07) is 1.27. The lowest BCUT2D eigenvalue weighted by Crippen LogP contribution is -2.14. The van der Waals surface area contributed by atoms with E-state index in [1.807, 2.05) is 0 Å². The molecule has 0 spiro atoms. The number of nitrogens with zero attached hydrogens (tertiary/aromatic N) is 1. The van der Waals surface area contributed by atoms with E-state index in [4.69, 9.17) is 11.1 Å². The lowest BCUT2D eigenvalue weighted by molar-refractivity contribution is 0.547. The maximum absolute atomic E-state index is 9.86. The zero-order valence-corrected chi connectivity index (χ0v) is 15.2. The van der Waals surface area contributed by atoms with Crippen molar-refractivity contribution in [3.8, 4) is 0 Å². The number of aliphatic imine (C=N–C) groups is 1. The van der Waals surface area contributed by atoms with Gasteiger partial charge in [0, 0.05) is 0 Å². The van der Waals surface area contributed by atoms with Crippen LogP contribution < -0.4 is 0 Å². The molecule has 0 aromatic rings. The third-order valence-electron chi connectivity index (χ3n) is 3.61. The summed E-state index contributed by atoms with van der Waals surface area (Å²) >= 11 is 6.30. The van der Waals surface area contributed by atoms with Gasteiger partial charge < -0.3 is 0 Å². The number of rotatable bonds is 14. The van der Waals surface area contributed by atoms with Gasteiger partial charge in [0.2, 0.25) is 6.08 Å². The number of unbranched alkanes of at least 4 members (excludes halogenated alkanes) is 10. The van der Waals surface area contributed by atoms with Gasteiger partial charge in [-0.2, -0.15) is 11.1 Å². The highest BCUT2D eigenvalue weighted by Crippen LogP contribution is 2.19. The van der Waals surface area contributed by atoms with Crippen LogP contribution in [0.2, 0.25) is 19.1 Å². The molecule has 0 rings (SSSR count). The van der Waals surface area contributed by atoms with Crippen molar-refractivity contribution in [2.45, 2.75) is 89.8 Å². The van der Waals surface area contributed by atoms with E-state index in [1.165, 1.54) is 70.3 Å².